The molecular weight excluding hydrogens is 483 g/mol. The monoisotopic (exact) mass is 496 g/mol. The van der Waals surface area contributed by atoms with Gasteiger partial charge in [-0.3, -0.25) is 9.20 Å². The maximum Gasteiger partial charge on any atom is 0.234 e. The molecular formula is C21H14BrFN6OS. The minimum absolute atomic E-state index is 0.0655. The summed E-state index contributed by atoms with van der Waals surface area (Å²) in [7, 11) is 0. The molecule has 0 aliphatic heterocycles. The fourth-order valence-corrected chi connectivity index (χ4v) is 4.20. The maximum absolute atomic E-state index is 13.9. The molecule has 7 nitrogen and oxygen atoms in total. The van der Waals surface area contributed by atoms with Crippen LogP contribution in [0.4, 0.5) is 10.1 Å². The van der Waals surface area contributed by atoms with Crippen molar-refractivity contribution in [3.63, 3.8) is 0 Å². The van der Waals surface area contributed by atoms with Gasteiger partial charge in [0.1, 0.15) is 11.3 Å². The van der Waals surface area contributed by atoms with E-state index < -0.39 is 5.82 Å². The normalized spacial score (nSPS) is 11.3. The van der Waals surface area contributed by atoms with Gasteiger partial charge in [-0.25, -0.2) is 8.91 Å². The summed E-state index contributed by atoms with van der Waals surface area (Å²) in [5.74, 6) is -0.770. The van der Waals surface area contributed by atoms with Crippen LogP contribution in [0.1, 0.15) is 0 Å². The lowest BCUT2D eigenvalue weighted by Gasteiger charge is -2.06. The van der Waals surface area contributed by atoms with Crippen LogP contribution in [0.5, 0.6) is 0 Å². The number of aromatic nitrogens is 5. The zero-order valence-corrected chi connectivity index (χ0v) is 18.3. The molecule has 31 heavy (non-hydrogen) atoms. The molecule has 0 unspecified atom stereocenters. The fourth-order valence-electron chi connectivity index (χ4n) is 3.15. The Hall–Kier alpha value is -3.24. The first-order valence-corrected chi connectivity index (χ1v) is 11.0. The van der Waals surface area contributed by atoms with Crippen molar-refractivity contribution in [3.8, 4) is 11.3 Å². The predicted molar refractivity (Wildman–Crippen MR) is 121 cm³/mol. The number of nitrogens with one attached hydrogen (secondary N) is 1. The van der Waals surface area contributed by atoms with Crippen molar-refractivity contribution in [3.05, 3.63) is 77.3 Å². The lowest BCUT2D eigenvalue weighted by Crippen LogP contribution is -2.15. The van der Waals surface area contributed by atoms with Crippen molar-refractivity contribution in [1.29, 1.82) is 0 Å². The van der Waals surface area contributed by atoms with E-state index in [9.17, 15) is 9.18 Å². The van der Waals surface area contributed by atoms with Crippen LogP contribution >= 0.6 is 27.7 Å². The number of amides is 1. The third-order valence-electron chi connectivity index (χ3n) is 4.59. The first-order chi connectivity index (χ1) is 15.1. The van der Waals surface area contributed by atoms with Crippen molar-refractivity contribution in [2.75, 3.05) is 11.1 Å². The van der Waals surface area contributed by atoms with Gasteiger partial charge >= 0.3 is 0 Å². The SMILES string of the molecule is O=C(CSc1nnc2c3cc(-c4ccccc4)nn3ccn12)Nc1ccc(Br)cc1F. The summed E-state index contributed by atoms with van der Waals surface area (Å²) < 4.78 is 18.1. The smallest absolute Gasteiger partial charge is 0.234 e. The molecule has 1 N–H and O–H groups in total. The van der Waals surface area contributed by atoms with Gasteiger partial charge in [0.25, 0.3) is 0 Å². The quantitative estimate of drug-likeness (QED) is 0.357. The summed E-state index contributed by atoms with van der Waals surface area (Å²) in [5.41, 5.74) is 3.42. The Balaban J connectivity index is 1.36. The lowest BCUT2D eigenvalue weighted by atomic mass is 10.1. The third kappa shape index (κ3) is 3.91. The predicted octanol–water partition coefficient (Wildman–Crippen LogP) is 4.68. The molecule has 0 saturated carbocycles. The zero-order chi connectivity index (χ0) is 21.4. The highest BCUT2D eigenvalue weighted by atomic mass is 79.9. The topological polar surface area (TPSA) is 76.6 Å². The highest BCUT2D eigenvalue weighted by Crippen LogP contribution is 2.24. The molecule has 0 bridgehead atoms. The molecule has 0 fully saturated rings. The summed E-state index contributed by atoms with van der Waals surface area (Å²) in [5, 5.41) is 16.2. The highest BCUT2D eigenvalue weighted by molar-refractivity contribution is 9.10. The Kier molecular flexibility index (Phi) is 5.16. The van der Waals surface area contributed by atoms with E-state index in [-0.39, 0.29) is 17.3 Å². The average Bonchev–Trinajstić information content (AvgIpc) is 3.39. The van der Waals surface area contributed by atoms with Gasteiger partial charge in [0.15, 0.2) is 10.8 Å². The Morgan fingerprint density at radius 1 is 1.10 bits per heavy atom. The lowest BCUT2D eigenvalue weighted by molar-refractivity contribution is -0.113. The molecule has 0 spiro atoms. The van der Waals surface area contributed by atoms with E-state index in [2.05, 4.69) is 36.5 Å². The van der Waals surface area contributed by atoms with Crippen LogP contribution in [0.2, 0.25) is 0 Å². The number of nitrogens with zero attached hydrogens (tertiary/aromatic N) is 5. The molecule has 0 aliphatic carbocycles. The van der Waals surface area contributed by atoms with Crippen LogP contribution < -0.4 is 5.32 Å². The van der Waals surface area contributed by atoms with Crippen LogP contribution in [0.25, 0.3) is 22.4 Å². The number of carbonyl (C=O) groups excluding carboxylic acids is 1. The summed E-state index contributed by atoms with van der Waals surface area (Å²) in [6.45, 7) is 0. The standard InChI is InChI=1S/C21H14BrFN6OS/c22-14-6-7-16(15(23)10-14)24-19(30)12-31-21-26-25-20-18-11-17(13-4-2-1-3-5-13)27-29(18)9-8-28(20)21/h1-11H,12H2,(H,24,30). The second kappa shape index (κ2) is 8.12. The van der Waals surface area contributed by atoms with Gasteiger partial charge in [0, 0.05) is 22.4 Å². The zero-order valence-electron chi connectivity index (χ0n) is 15.9. The van der Waals surface area contributed by atoms with Crippen molar-refractivity contribution in [2.24, 2.45) is 0 Å². The van der Waals surface area contributed by atoms with Crippen molar-refractivity contribution in [1.82, 2.24) is 24.2 Å². The van der Waals surface area contributed by atoms with Gasteiger partial charge in [-0.15, -0.1) is 10.2 Å². The molecule has 0 aliphatic rings. The molecule has 154 valence electrons. The number of thioether (sulfide) groups is 1. The Morgan fingerprint density at radius 3 is 2.74 bits per heavy atom. The number of anilines is 1. The molecule has 3 heterocycles. The maximum atomic E-state index is 13.9. The molecule has 0 radical (unpaired) electrons. The summed E-state index contributed by atoms with van der Waals surface area (Å²) in [6.07, 6.45) is 3.62. The van der Waals surface area contributed by atoms with Crippen LogP contribution in [0, 0.1) is 5.82 Å². The molecule has 3 aromatic heterocycles. The van der Waals surface area contributed by atoms with E-state index in [1.165, 1.54) is 23.9 Å². The van der Waals surface area contributed by atoms with Crippen molar-refractivity contribution < 1.29 is 9.18 Å². The van der Waals surface area contributed by atoms with Gasteiger partial charge < -0.3 is 5.32 Å². The summed E-state index contributed by atoms with van der Waals surface area (Å²) >= 11 is 4.41. The van der Waals surface area contributed by atoms with Crippen LogP contribution in [0.3, 0.4) is 0 Å². The molecule has 0 saturated heterocycles. The number of halogens is 2. The number of hydrogen-bond donors (Lipinski definition) is 1. The summed E-state index contributed by atoms with van der Waals surface area (Å²) in [4.78, 5) is 12.3. The van der Waals surface area contributed by atoms with Gasteiger partial charge in [-0.05, 0) is 24.3 Å². The second-order valence-electron chi connectivity index (χ2n) is 6.66. The van der Waals surface area contributed by atoms with Gasteiger partial charge in [0.05, 0.1) is 17.1 Å². The molecule has 5 rings (SSSR count). The van der Waals surface area contributed by atoms with E-state index in [0.29, 0.717) is 15.3 Å². The Labute approximate surface area is 188 Å². The number of hydrogen-bond acceptors (Lipinski definition) is 5. The molecule has 5 aromatic rings. The number of benzene rings is 2. The second-order valence-corrected chi connectivity index (χ2v) is 8.52. The number of rotatable bonds is 5. The van der Waals surface area contributed by atoms with E-state index >= 15 is 0 Å². The highest BCUT2D eigenvalue weighted by Gasteiger charge is 2.15. The first kappa shape index (κ1) is 19.7. The van der Waals surface area contributed by atoms with E-state index in [4.69, 9.17) is 0 Å². The fraction of sp³-hybridized carbons (Fsp3) is 0.0476. The van der Waals surface area contributed by atoms with E-state index in [1.54, 1.807) is 16.8 Å². The van der Waals surface area contributed by atoms with Crippen LogP contribution in [0.15, 0.2) is 76.6 Å². The average molecular weight is 497 g/mol. The third-order valence-corrected chi connectivity index (χ3v) is 6.03. The largest absolute Gasteiger partial charge is 0.323 e. The van der Waals surface area contributed by atoms with E-state index in [0.717, 1.165) is 16.8 Å². The molecule has 1 amide bonds. The molecule has 0 atom stereocenters. The van der Waals surface area contributed by atoms with E-state index in [1.807, 2.05) is 47.0 Å². The first-order valence-electron chi connectivity index (χ1n) is 9.25. The Morgan fingerprint density at radius 2 is 1.94 bits per heavy atom. The van der Waals surface area contributed by atoms with Crippen LogP contribution in [-0.4, -0.2) is 35.9 Å². The Bertz CT molecular complexity index is 1420. The van der Waals surface area contributed by atoms with Gasteiger partial charge in [0.2, 0.25) is 5.91 Å². The van der Waals surface area contributed by atoms with Crippen molar-refractivity contribution >= 4 is 50.5 Å². The van der Waals surface area contributed by atoms with Crippen LogP contribution in [-0.2, 0) is 4.79 Å². The van der Waals surface area contributed by atoms with Gasteiger partial charge in [-0.2, -0.15) is 5.10 Å². The number of fused-ring (bicyclic) bond motifs is 3. The molecule has 2 aromatic carbocycles. The molecule has 10 heteroatoms. The van der Waals surface area contributed by atoms with Gasteiger partial charge in [-0.1, -0.05) is 58.0 Å². The van der Waals surface area contributed by atoms with Crippen molar-refractivity contribution in [2.45, 2.75) is 5.16 Å². The minimum Gasteiger partial charge on any atom is -0.323 e. The number of carbonyl (C=O) groups is 1. The summed E-state index contributed by atoms with van der Waals surface area (Å²) in [6, 6.07) is 16.3. The minimum atomic E-state index is -0.502.